The Hall–Kier alpha value is -4.48. The summed E-state index contributed by atoms with van der Waals surface area (Å²) in [6.45, 7) is 0.000627. The molecule has 3 aromatic carbocycles. The molecule has 1 fully saturated rings. The van der Waals surface area contributed by atoms with Crippen molar-refractivity contribution in [1.82, 2.24) is 14.8 Å². The third-order valence-corrected chi connectivity index (χ3v) is 7.60. The van der Waals surface area contributed by atoms with Crippen molar-refractivity contribution in [1.29, 1.82) is 0 Å². The second-order valence-corrected chi connectivity index (χ2v) is 10.3. The molecule has 0 unspecified atom stereocenters. The van der Waals surface area contributed by atoms with E-state index in [9.17, 15) is 35.9 Å². The number of carbonyl (C=O) groups excluding carboxylic acids is 2. The number of aromatic nitrogens is 1. The molecule has 2 heterocycles. The Balaban J connectivity index is 1.48. The molecule has 0 spiro atoms. The Morgan fingerprint density at radius 2 is 1.53 bits per heavy atom. The van der Waals surface area contributed by atoms with E-state index in [0.29, 0.717) is 23.4 Å². The molecule has 6 nitrogen and oxygen atoms in total. The van der Waals surface area contributed by atoms with Crippen LogP contribution in [0.3, 0.4) is 0 Å². The first kappa shape index (κ1) is 30.0. The van der Waals surface area contributed by atoms with Gasteiger partial charge in [-0.3, -0.25) is 9.59 Å². The van der Waals surface area contributed by atoms with Gasteiger partial charge in [0.2, 0.25) is 5.91 Å². The Bertz CT molecular complexity index is 1610. The van der Waals surface area contributed by atoms with Gasteiger partial charge in [0.25, 0.3) is 5.91 Å². The van der Waals surface area contributed by atoms with Crippen LogP contribution in [0.1, 0.15) is 32.6 Å². The van der Waals surface area contributed by atoms with Crippen molar-refractivity contribution < 1.29 is 40.7 Å². The zero-order chi connectivity index (χ0) is 30.9. The number of carbonyl (C=O) groups is 2. The summed E-state index contributed by atoms with van der Waals surface area (Å²) in [6.07, 6.45) is -8.22. The highest BCUT2D eigenvalue weighted by molar-refractivity contribution is 5.95. The second kappa shape index (κ2) is 11.7. The minimum absolute atomic E-state index is 0.00529. The first-order valence-electron chi connectivity index (χ1n) is 13.4. The van der Waals surface area contributed by atoms with Crippen molar-refractivity contribution in [2.75, 3.05) is 26.7 Å². The number of hydrogen-bond acceptors (Lipinski definition) is 3. The maximum Gasteiger partial charge on any atom is 0.416 e. The van der Waals surface area contributed by atoms with E-state index >= 15 is 0 Å². The number of aromatic amines is 1. The minimum atomic E-state index is -5.09. The van der Waals surface area contributed by atoms with Gasteiger partial charge in [0, 0.05) is 47.9 Å². The third-order valence-electron chi connectivity index (χ3n) is 7.60. The number of piperazine rings is 1. The molecule has 0 aliphatic carbocycles. The van der Waals surface area contributed by atoms with Gasteiger partial charge in [-0.25, -0.2) is 0 Å². The number of nitrogens with one attached hydrogen (secondary N) is 1. The average molecular weight is 604 g/mol. The maximum absolute atomic E-state index is 13.7. The molecule has 0 radical (unpaired) electrons. The number of hydrogen-bond donors (Lipinski definition) is 1. The summed E-state index contributed by atoms with van der Waals surface area (Å²) in [7, 11) is 1.49. The third kappa shape index (κ3) is 6.47. The van der Waals surface area contributed by atoms with Gasteiger partial charge in [-0.2, -0.15) is 26.3 Å². The van der Waals surface area contributed by atoms with Gasteiger partial charge in [0.1, 0.15) is 5.75 Å². The van der Waals surface area contributed by atoms with E-state index in [-0.39, 0.29) is 44.4 Å². The molecule has 1 aromatic heterocycles. The normalized spacial score (nSPS) is 16.0. The summed E-state index contributed by atoms with van der Waals surface area (Å²) in [4.78, 5) is 33.0. The highest BCUT2D eigenvalue weighted by Gasteiger charge is 2.39. The van der Waals surface area contributed by atoms with Crippen LogP contribution in [0, 0.1) is 0 Å². The molecular weight excluding hydrogens is 576 g/mol. The highest BCUT2D eigenvalue weighted by Crippen LogP contribution is 2.37. The predicted molar refractivity (Wildman–Crippen MR) is 147 cm³/mol. The average Bonchev–Trinajstić information content (AvgIpc) is 3.38. The number of para-hydroxylation sites is 2. The van der Waals surface area contributed by atoms with Crippen molar-refractivity contribution in [3.63, 3.8) is 0 Å². The van der Waals surface area contributed by atoms with E-state index in [0.717, 1.165) is 16.5 Å². The molecule has 12 heteroatoms. The maximum atomic E-state index is 13.7. The van der Waals surface area contributed by atoms with E-state index in [1.807, 2.05) is 24.3 Å². The van der Waals surface area contributed by atoms with Crippen LogP contribution in [0.5, 0.6) is 5.75 Å². The molecule has 2 amide bonds. The number of nitrogens with zero attached hydrogens (tertiary/aromatic N) is 2. The lowest BCUT2D eigenvalue weighted by Gasteiger charge is -2.42. The summed E-state index contributed by atoms with van der Waals surface area (Å²) < 4.78 is 86.6. The first-order chi connectivity index (χ1) is 20.3. The summed E-state index contributed by atoms with van der Waals surface area (Å²) in [5.41, 5.74) is -1.58. The minimum Gasteiger partial charge on any atom is -0.496 e. The Kier molecular flexibility index (Phi) is 8.13. The number of ether oxygens (including phenoxy) is 1. The SMILES string of the molecule is COc1ccccc1CC(=O)N1CCN(C(=O)c2cc(C(F)(F)F)cc(C(F)(F)F)c2)[C@H](Cc2c[nH]c3ccccc23)C1. The molecule has 1 atom stereocenters. The van der Waals surface area contributed by atoms with E-state index in [2.05, 4.69) is 4.98 Å². The van der Waals surface area contributed by atoms with E-state index in [1.54, 1.807) is 35.4 Å². The van der Waals surface area contributed by atoms with Crippen LogP contribution in [0.15, 0.2) is 72.9 Å². The lowest BCUT2D eigenvalue weighted by Crippen LogP contribution is -2.57. The van der Waals surface area contributed by atoms with Crippen LogP contribution < -0.4 is 4.74 Å². The van der Waals surface area contributed by atoms with Crippen molar-refractivity contribution >= 4 is 22.7 Å². The van der Waals surface area contributed by atoms with Crippen molar-refractivity contribution in [2.45, 2.75) is 31.2 Å². The molecule has 1 aliphatic heterocycles. The molecule has 1 N–H and O–H groups in total. The zero-order valence-electron chi connectivity index (χ0n) is 22.9. The molecule has 0 bridgehead atoms. The fourth-order valence-corrected chi connectivity index (χ4v) is 5.45. The summed E-state index contributed by atoms with van der Waals surface area (Å²) in [6, 6.07) is 14.6. The number of amides is 2. The number of H-pyrrole nitrogens is 1. The molecular formula is C31H27F6N3O3. The molecule has 4 aromatic rings. The molecule has 0 saturated carbocycles. The molecule has 1 saturated heterocycles. The Morgan fingerprint density at radius 3 is 2.21 bits per heavy atom. The van der Waals surface area contributed by atoms with Crippen molar-refractivity contribution in [2.24, 2.45) is 0 Å². The number of benzene rings is 3. The van der Waals surface area contributed by atoms with Gasteiger partial charge in [-0.1, -0.05) is 36.4 Å². The van der Waals surface area contributed by atoms with Crippen LogP contribution in [-0.2, 0) is 30.0 Å². The van der Waals surface area contributed by atoms with Crippen LogP contribution in [-0.4, -0.2) is 59.4 Å². The monoisotopic (exact) mass is 603 g/mol. The van der Waals surface area contributed by atoms with E-state index in [4.69, 9.17) is 4.74 Å². The van der Waals surface area contributed by atoms with Gasteiger partial charge in [0.05, 0.1) is 30.7 Å². The number of alkyl halides is 6. The predicted octanol–water partition coefficient (Wildman–Crippen LogP) is 6.35. The zero-order valence-corrected chi connectivity index (χ0v) is 22.9. The number of fused-ring (bicyclic) bond motifs is 1. The van der Waals surface area contributed by atoms with Crippen LogP contribution in [0.4, 0.5) is 26.3 Å². The molecule has 226 valence electrons. The molecule has 5 rings (SSSR count). The van der Waals surface area contributed by atoms with Gasteiger partial charge < -0.3 is 19.5 Å². The lowest BCUT2D eigenvalue weighted by atomic mass is 9.98. The number of methoxy groups -OCH3 is 1. The first-order valence-corrected chi connectivity index (χ1v) is 13.4. The van der Waals surface area contributed by atoms with Crippen LogP contribution in [0.2, 0.25) is 0 Å². The largest absolute Gasteiger partial charge is 0.496 e. The highest BCUT2D eigenvalue weighted by atomic mass is 19.4. The van der Waals surface area contributed by atoms with Crippen molar-refractivity contribution in [3.05, 3.63) is 101 Å². The van der Waals surface area contributed by atoms with Gasteiger partial charge >= 0.3 is 12.4 Å². The standard InChI is InChI=1S/C31H27F6N3O3/c1-43-27-9-5-2-6-19(27)15-28(41)39-10-11-40(24(18-39)14-21-17-38-26-8-4-3-7-25(21)26)29(42)20-12-22(30(32,33)34)16-23(13-20)31(35,36)37/h2-9,12-13,16-17,24,38H,10-11,14-15,18H2,1H3/t24-/m1/s1. The van der Waals surface area contributed by atoms with Crippen molar-refractivity contribution in [3.8, 4) is 5.75 Å². The van der Waals surface area contributed by atoms with Gasteiger partial charge in [-0.15, -0.1) is 0 Å². The number of halogens is 6. The topological polar surface area (TPSA) is 65.6 Å². The van der Waals surface area contributed by atoms with E-state index in [1.165, 1.54) is 12.0 Å². The summed E-state index contributed by atoms with van der Waals surface area (Å²) in [5, 5.41) is 0.853. The summed E-state index contributed by atoms with van der Waals surface area (Å²) >= 11 is 0. The lowest BCUT2D eigenvalue weighted by molar-refractivity contribution is -0.143. The molecule has 43 heavy (non-hydrogen) atoms. The van der Waals surface area contributed by atoms with Crippen LogP contribution >= 0.6 is 0 Å². The van der Waals surface area contributed by atoms with Gasteiger partial charge in [0.15, 0.2) is 0 Å². The second-order valence-electron chi connectivity index (χ2n) is 10.3. The smallest absolute Gasteiger partial charge is 0.416 e. The fourth-order valence-electron chi connectivity index (χ4n) is 5.45. The Morgan fingerprint density at radius 1 is 0.884 bits per heavy atom. The Labute approximate surface area is 242 Å². The summed E-state index contributed by atoms with van der Waals surface area (Å²) in [5.74, 6) is -0.692. The fraction of sp³-hybridized carbons (Fsp3) is 0.290. The van der Waals surface area contributed by atoms with Crippen LogP contribution in [0.25, 0.3) is 10.9 Å². The van der Waals surface area contributed by atoms with E-state index < -0.39 is 41.0 Å². The number of rotatable bonds is 6. The molecule has 1 aliphatic rings. The van der Waals surface area contributed by atoms with Gasteiger partial charge in [-0.05, 0) is 42.3 Å². The quantitative estimate of drug-likeness (QED) is 0.261.